The molecule has 0 aliphatic carbocycles. The van der Waals surface area contributed by atoms with Crippen LogP contribution in [0.4, 0.5) is 4.39 Å². The molecule has 0 unspecified atom stereocenters. The molecule has 0 saturated carbocycles. The van der Waals surface area contributed by atoms with E-state index in [1.165, 1.54) is 12.1 Å². The summed E-state index contributed by atoms with van der Waals surface area (Å²) in [6.07, 6.45) is 1.66. The number of aromatic nitrogens is 2. The number of halogens is 1. The predicted octanol–water partition coefficient (Wildman–Crippen LogP) is 1.68. The maximum Gasteiger partial charge on any atom is 0.123 e. The van der Waals surface area contributed by atoms with Gasteiger partial charge < -0.3 is 5.11 Å². The lowest BCUT2D eigenvalue weighted by atomic mass is 10.1. The molecule has 15 heavy (non-hydrogen) atoms. The number of nitrogens with zero attached hydrogens (tertiary/aromatic N) is 2. The van der Waals surface area contributed by atoms with Crippen LogP contribution in [0.1, 0.15) is 0 Å². The van der Waals surface area contributed by atoms with E-state index in [-0.39, 0.29) is 12.4 Å². The van der Waals surface area contributed by atoms with E-state index in [0.717, 1.165) is 11.3 Å². The highest BCUT2D eigenvalue weighted by Gasteiger charge is 2.04. The topological polar surface area (TPSA) is 38.0 Å². The monoisotopic (exact) mass is 206 g/mol. The summed E-state index contributed by atoms with van der Waals surface area (Å²) in [4.78, 5) is 0. The van der Waals surface area contributed by atoms with Crippen LogP contribution in [0.2, 0.25) is 0 Å². The lowest BCUT2D eigenvalue weighted by Crippen LogP contribution is -2.05. The zero-order chi connectivity index (χ0) is 10.7. The Labute approximate surface area is 86.8 Å². The normalized spacial score (nSPS) is 10.5. The van der Waals surface area contributed by atoms with Gasteiger partial charge in [0.05, 0.1) is 18.8 Å². The van der Waals surface area contributed by atoms with E-state index in [2.05, 4.69) is 5.10 Å². The Hall–Kier alpha value is -1.68. The van der Waals surface area contributed by atoms with Gasteiger partial charge in [-0.05, 0) is 35.9 Å². The minimum Gasteiger partial charge on any atom is -0.394 e. The molecule has 2 rings (SSSR count). The van der Waals surface area contributed by atoms with Crippen molar-refractivity contribution in [2.75, 3.05) is 6.61 Å². The van der Waals surface area contributed by atoms with Gasteiger partial charge in [-0.1, -0.05) is 0 Å². The Morgan fingerprint density at radius 1 is 1.20 bits per heavy atom. The summed E-state index contributed by atoms with van der Waals surface area (Å²) in [5, 5.41) is 12.9. The van der Waals surface area contributed by atoms with Crippen LogP contribution in [0.25, 0.3) is 11.3 Å². The number of benzene rings is 1. The summed E-state index contributed by atoms with van der Waals surface area (Å²) < 4.78 is 14.4. The van der Waals surface area contributed by atoms with E-state index in [0.29, 0.717) is 6.54 Å². The fraction of sp³-hybridized carbons (Fsp3) is 0.182. The summed E-state index contributed by atoms with van der Waals surface area (Å²) in [6.45, 7) is 0.482. The molecule has 0 spiro atoms. The van der Waals surface area contributed by atoms with Gasteiger partial charge in [-0.25, -0.2) is 4.39 Å². The molecule has 0 aliphatic rings. The van der Waals surface area contributed by atoms with Crippen molar-refractivity contribution in [1.82, 2.24) is 9.78 Å². The molecule has 0 saturated heterocycles. The lowest BCUT2D eigenvalue weighted by Gasteiger charge is -2.05. The van der Waals surface area contributed by atoms with Crippen LogP contribution in [-0.4, -0.2) is 21.5 Å². The molecule has 0 fully saturated rings. The van der Waals surface area contributed by atoms with Gasteiger partial charge in [0.2, 0.25) is 0 Å². The average molecular weight is 206 g/mol. The second kappa shape index (κ2) is 4.23. The lowest BCUT2D eigenvalue weighted by molar-refractivity contribution is 0.270. The fourth-order valence-corrected chi connectivity index (χ4v) is 1.47. The van der Waals surface area contributed by atoms with E-state index in [9.17, 15) is 4.39 Å². The summed E-state index contributed by atoms with van der Waals surface area (Å²) in [5.41, 5.74) is 1.77. The Kier molecular flexibility index (Phi) is 2.78. The van der Waals surface area contributed by atoms with Gasteiger partial charge in [0.1, 0.15) is 5.82 Å². The molecule has 0 bridgehead atoms. The molecule has 78 valence electrons. The maximum absolute atomic E-state index is 12.7. The van der Waals surface area contributed by atoms with Crippen molar-refractivity contribution in [3.8, 4) is 11.3 Å². The van der Waals surface area contributed by atoms with Crippen molar-refractivity contribution in [2.24, 2.45) is 0 Å². The van der Waals surface area contributed by atoms with Crippen molar-refractivity contribution in [3.05, 3.63) is 42.3 Å². The molecule has 0 radical (unpaired) electrons. The number of aliphatic hydroxyl groups excluding tert-OH is 1. The van der Waals surface area contributed by atoms with Crippen LogP contribution < -0.4 is 0 Å². The van der Waals surface area contributed by atoms with Crippen molar-refractivity contribution in [3.63, 3.8) is 0 Å². The van der Waals surface area contributed by atoms with Crippen LogP contribution in [0, 0.1) is 5.82 Å². The SMILES string of the molecule is OCCn1nccc1-c1ccc(F)cc1. The first-order valence-electron chi connectivity index (χ1n) is 4.70. The standard InChI is InChI=1S/C11H11FN2O/c12-10-3-1-9(2-4-10)11-5-6-13-14(11)7-8-15/h1-6,15H,7-8H2. The van der Waals surface area contributed by atoms with Gasteiger partial charge in [-0.15, -0.1) is 0 Å². The van der Waals surface area contributed by atoms with E-state index in [4.69, 9.17) is 5.11 Å². The zero-order valence-electron chi connectivity index (χ0n) is 8.10. The van der Waals surface area contributed by atoms with Crippen LogP contribution in [0.3, 0.4) is 0 Å². The molecular formula is C11H11FN2O. The molecule has 1 N–H and O–H groups in total. The van der Waals surface area contributed by atoms with E-state index in [1.54, 1.807) is 23.0 Å². The first-order chi connectivity index (χ1) is 7.31. The molecule has 1 heterocycles. The van der Waals surface area contributed by atoms with Gasteiger partial charge in [0.15, 0.2) is 0 Å². The second-order valence-corrected chi connectivity index (χ2v) is 3.17. The zero-order valence-corrected chi connectivity index (χ0v) is 8.10. The van der Waals surface area contributed by atoms with Crippen molar-refractivity contribution >= 4 is 0 Å². The Morgan fingerprint density at radius 2 is 1.93 bits per heavy atom. The fourth-order valence-electron chi connectivity index (χ4n) is 1.47. The van der Waals surface area contributed by atoms with Crippen LogP contribution in [0.5, 0.6) is 0 Å². The number of aliphatic hydroxyl groups is 1. The second-order valence-electron chi connectivity index (χ2n) is 3.17. The first kappa shape index (κ1) is 9.86. The molecule has 4 heteroatoms. The Balaban J connectivity index is 2.36. The van der Waals surface area contributed by atoms with E-state index >= 15 is 0 Å². The molecular weight excluding hydrogens is 195 g/mol. The molecule has 1 aromatic carbocycles. The molecule has 0 amide bonds. The first-order valence-corrected chi connectivity index (χ1v) is 4.70. The van der Waals surface area contributed by atoms with Crippen molar-refractivity contribution in [2.45, 2.75) is 6.54 Å². The molecule has 1 aromatic heterocycles. The van der Waals surface area contributed by atoms with Crippen molar-refractivity contribution < 1.29 is 9.50 Å². The highest BCUT2D eigenvalue weighted by Crippen LogP contribution is 2.18. The molecule has 0 aliphatic heterocycles. The van der Waals surface area contributed by atoms with E-state index < -0.39 is 0 Å². The van der Waals surface area contributed by atoms with Gasteiger partial charge >= 0.3 is 0 Å². The summed E-state index contributed by atoms with van der Waals surface area (Å²) in [6, 6.07) is 8.04. The smallest absolute Gasteiger partial charge is 0.123 e. The van der Waals surface area contributed by atoms with Crippen LogP contribution >= 0.6 is 0 Å². The average Bonchev–Trinajstić information content (AvgIpc) is 2.68. The quantitative estimate of drug-likeness (QED) is 0.829. The van der Waals surface area contributed by atoms with Gasteiger partial charge in [0, 0.05) is 6.20 Å². The van der Waals surface area contributed by atoms with Gasteiger partial charge in [-0.2, -0.15) is 5.10 Å². The summed E-state index contributed by atoms with van der Waals surface area (Å²) in [5.74, 6) is -0.257. The summed E-state index contributed by atoms with van der Waals surface area (Å²) in [7, 11) is 0. The van der Waals surface area contributed by atoms with Crippen LogP contribution in [-0.2, 0) is 6.54 Å². The van der Waals surface area contributed by atoms with E-state index in [1.807, 2.05) is 6.07 Å². The highest BCUT2D eigenvalue weighted by molar-refractivity contribution is 5.58. The summed E-state index contributed by atoms with van der Waals surface area (Å²) >= 11 is 0. The maximum atomic E-state index is 12.7. The highest BCUT2D eigenvalue weighted by atomic mass is 19.1. The number of hydrogen-bond donors (Lipinski definition) is 1. The molecule has 0 atom stereocenters. The minimum absolute atomic E-state index is 0.0376. The third kappa shape index (κ3) is 2.05. The van der Waals surface area contributed by atoms with Crippen LogP contribution in [0.15, 0.2) is 36.5 Å². The Morgan fingerprint density at radius 3 is 2.60 bits per heavy atom. The largest absolute Gasteiger partial charge is 0.394 e. The van der Waals surface area contributed by atoms with Gasteiger partial charge in [-0.3, -0.25) is 4.68 Å². The number of hydrogen-bond acceptors (Lipinski definition) is 2. The predicted molar refractivity (Wildman–Crippen MR) is 54.7 cm³/mol. The third-order valence-electron chi connectivity index (χ3n) is 2.17. The van der Waals surface area contributed by atoms with Crippen molar-refractivity contribution in [1.29, 1.82) is 0 Å². The minimum atomic E-state index is -0.257. The van der Waals surface area contributed by atoms with Gasteiger partial charge in [0.25, 0.3) is 0 Å². The number of rotatable bonds is 3. The third-order valence-corrected chi connectivity index (χ3v) is 2.17. The Bertz CT molecular complexity index is 436. The molecule has 2 aromatic rings. The molecule has 3 nitrogen and oxygen atoms in total.